The Morgan fingerprint density at radius 1 is 1.14 bits per heavy atom. The molecule has 12 heteroatoms. The fourth-order valence-electron chi connectivity index (χ4n) is 5.67. The molecule has 1 amide bonds. The fraction of sp³-hybridized carbons (Fsp3) is 0.760. The lowest BCUT2D eigenvalue weighted by Crippen LogP contribution is -2.66. The van der Waals surface area contributed by atoms with E-state index in [-0.39, 0.29) is 40.5 Å². The van der Waals surface area contributed by atoms with Crippen LogP contribution in [0.4, 0.5) is 5.82 Å². The number of carbonyl (C=O) groups excluding carboxylic acids is 1. The van der Waals surface area contributed by atoms with Gasteiger partial charge >= 0.3 is 22.8 Å². The lowest BCUT2D eigenvalue weighted by molar-refractivity contribution is -0.114. The summed E-state index contributed by atoms with van der Waals surface area (Å²) in [5, 5.41) is 13.0. The summed E-state index contributed by atoms with van der Waals surface area (Å²) in [4.78, 5) is 28.4. The molecule has 1 aromatic heterocycles. The first-order chi connectivity index (χ1) is 17.1. The molecule has 0 aliphatic carbocycles. The predicted octanol–water partition coefficient (Wildman–Crippen LogP) is 4.59. The zero-order valence-corrected chi connectivity index (χ0v) is 25.7. The van der Waals surface area contributed by atoms with Crippen molar-refractivity contribution in [2.24, 2.45) is 5.41 Å². The lowest BCUT2D eigenvalue weighted by atomic mass is 9.84. The average Bonchev–Trinajstić information content (AvgIpc) is 3.04. The van der Waals surface area contributed by atoms with Gasteiger partial charge in [0.2, 0.25) is 5.91 Å². The maximum Gasteiger partial charge on any atom is 0.351 e. The molecule has 4 atom stereocenters. The van der Waals surface area contributed by atoms with Crippen LogP contribution in [-0.4, -0.2) is 51.4 Å². The molecule has 0 saturated carbocycles. The SMILES string of the molecule is CC(=O)Nc1ccn(C2OC3CO[Si](C(C)C)(C(C)C)O[Si](C(C)C)(C(C)C)OC3C2(C)C#N)c(=O)n1. The summed E-state index contributed by atoms with van der Waals surface area (Å²) in [6, 6.07) is 3.92. The highest BCUT2D eigenvalue weighted by molar-refractivity contribution is 6.84. The Bertz CT molecular complexity index is 1090. The number of anilines is 1. The number of nitriles is 1. The molecule has 3 heterocycles. The molecule has 4 unspecified atom stereocenters. The van der Waals surface area contributed by atoms with Gasteiger partial charge in [-0.05, 0) is 35.2 Å². The van der Waals surface area contributed by atoms with Crippen molar-refractivity contribution in [1.29, 1.82) is 5.26 Å². The highest BCUT2D eigenvalue weighted by Crippen LogP contribution is 2.53. The number of amides is 1. The van der Waals surface area contributed by atoms with Crippen LogP contribution in [0.5, 0.6) is 0 Å². The normalized spacial score (nSPS) is 29.2. The van der Waals surface area contributed by atoms with Gasteiger partial charge in [-0.3, -0.25) is 9.36 Å². The minimum absolute atomic E-state index is 0.0857. The number of ether oxygens (including phenoxy) is 1. The van der Waals surface area contributed by atoms with Crippen LogP contribution in [0.15, 0.2) is 17.1 Å². The zero-order valence-electron chi connectivity index (χ0n) is 23.7. The molecule has 2 aliphatic heterocycles. The molecular formula is C25H42N4O6Si2. The first-order valence-corrected chi connectivity index (χ1v) is 17.0. The van der Waals surface area contributed by atoms with Crippen LogP contribution in [0.3, 0.4) is 0 Å². The molecule has 0 aromatic carbocycles. The van der Waals surface area contributed by atoms with Crippen molar-refractivity contribution in [2.75, 3.05) is 11.9 Å². The van der Waals surface area contributed by atoms with Gasteiger partial charge < -0.3 is 23.0 Å². The smallest absolute Gasteiger partial charge is 0.351 e. The minimum Gasteiger partial charge on any atom is -0.414 e. The Morgan fingerprint density at radius 2 is 1.70 bits per heavy atom. The van der Waals surface area contributed by atoms with Crippen molar-refractivity contribution in [3.63, 3.8) is 0 Å². The van der Waals surface area contributed by atoms with Gasteiger partial charge in [0, 0.05) is 13.1 Å². The maximum absolute atomic E-state index is 13.0. The van der Waals surface area contributed by atoms with Gasteiger partial charge in [0.25, 0.3) is 0 Å². The predicted molar refractivity (Wildman–Crippen MR) is 144 cm³/mol. The van der Waals surface area contributed by atoms with Crippen LogP contribution >= 0.6 is 0 Å². The van der Waals surface area contributed by atoms with Crippen molar-refractivity contribution in [3.8, 4) is 6.07 Å². The molecule has 1 aromatic rings. The number of fused-ring (bicyclic) bond motifs is 1. The molecule has 0 radical (unpaired) electrons. The monoisotopic (exact) mass is 550 g/mol. The first kappa shape index (κ1) is 29.7. The van der Waals surface area contributed by atoms with E-state index in [1.807, 2.05) is 0 Å². The number of hydrogen-bond acceptors (Lipinski definition) is 8. The summed E-state index contributed by atoms with van der Waals surface area (Å²) in [6.07, 6.45) is -0.712. The van der Waals surface area contributed by atoms with Crippen molar-refractivity contribution in [1.82, 2.24) is 9.55 Å². The third-order valence-corrected chi connectivity index (χ3v) is 17.9. The standard InChI is InChI=1S/C25H42N4O6Si2/c1-15(2)36(16(3)4)32-13-20-22(34-37(35-36,17(5)6)18(7)8)25(10,14-26)23(33-20)29-12-11-21(27-19(9)30)28-24(29)31/h11-12,15-18,20,22-23H,13H2,1-10H3,(H,27,28,30,31). The van der Waals surface area contributed by atoms with Gasteiger partial charge in [0.05, 0.1) is 18.8 Å². The van der Waals surface area contributed by atoms with Crippen LogP contribution < -0.4 is 11.0 Å². The Balaban J connectivity index is 2.14. The summed E-state index contributed by atoms with van der Waals surface area (Å²) in [5.41, 5.74) is -1.34. The Kier molecular flexibility index (Phi) is 8.58. The highest BCUT2D eigenvalue weighted by atomic mass is 28.5. The number of nitrogens with zero attached hydrogens (tertiary/aromatic N) is 3. The van der Waals surface area contributed by atoms with Crippen LogP contribution in [0.1, 0.15) is 75.5 Å². The molecule has 3 rings (SSSR count). The van der Waals surface area contributed by atoms with E-state index in [9.17, 15) is 14.9 Å². The summed E-state index contributed by atoms with van der Waals surface area (Å²) < 4.78 is 28.8. The average molecular weight is 551 g/mol. The number of nitrogens with one attached hydrogen (secondary N) is 1. The Hall–Kier alpha value is -1.89. The van der Waals surface area contributed by atoms with Crippen LogP contribution in [0.2, 0.25) is 22.2 Å². The molecule has 1 N–H and O–H groups in total. The van der Waals surface area contributed by atoms with E-state index in [1.54, 1.807) is 6.92 Å². The number of carbonyl (C=O) groups is 1. The lowest BCUT2D eigenvalue weighted by Gasteiger charge is -2.52. The van der Waals surface area contributed by atoms with Crippen LogP contribution in [0, 0.1) is 16.7 Å². The maximum atomic E-state index is 13.0. The zero-order chi connectivity index (χ0) is 27.9. The molecule has 2 saturated heterocycles. The molecule has 37 heavy (non-hydrogen) atoms. The Morgan fingerprint density at radius 3 is 2.16 bits per heavy atom. The van der Waals surface area contributed by atoms with Crippen molar-refractivity contribution >= 4 is 28.8 Å². The van der Waals surface area contributed by atoms with Gasteiger partial charge in [-0.2, -0.15) is 10.2 Å². The third-order valence-electron chi connectivity index (χ3n) is 7.70. The van der Waals surface area contributed by atoms with Gasteiger partial charge in [0.1, 0.15) is 17.3 Å². The molecule has 0 spiro atoms. The molecule has 2 fully saturated rings. The number of hydrogen-bond donors (Lipinski definition) is 1. The van der Waals surface area contributed by atoms with E-state index < -0.39 is 46.7 Å². The molecule has 0 bridgehead atoms. The van der Waals surface area contributed by atoms with E-state index in [0.717, 1.165) is 0 Å². The summed E-state index contributed by atoms with van der Waals surface area (Å²) in [7, 11) is -5.77. The summed E-state index contributed by atoms with van der Waals surface area (Å²) in [6.45, 7) is 20.4. The number of rotatable bonds is 6. The fourth-order valence-corrected chi connectivity index (χ4v) is 17.0. The van der Waals surface area contributed by atoms with E-state index in [2.05, 4.69) is 71.8 Å². The minimum atomic E-state index is -2.99. The van der Waals surface area contributed by atoms with Crippen LogP contribution in [-0.2, 0) is 22.5 Å². The van der Waals surface area contributed by atoms with E-state index in [4.69, 9.17) is 17.7 Å². The van der Waals surface area contributed by atoms with E-state index in [0.29, 0.717) is 0 Å². The molecule has 2 aliphatic rings. The summed E-state index contributed by atoms with van der Waals surface area (Å²) in [5.74, 6) is -0.195. The second kappa shape index (κ2) is 10.7. The van der Waals surface area contributed by atoms with E-state index >= 15 is 0 Å². The highest BCUT2D eigenvalue weighted by Gasteiger charge is 2.65. The third kappa shape index (κ3) is 5.09. The quantitative estimate of drug-likeness (QED) is 0.510. The second-order valence-corrected chi connectivity index (χ2v) is 20.5. The van der Waals surface area contributed by atoms with Gasteiger partial charge in [-0.15, -0.1) is 0 Å². The molecule has 206 valence electrons. The van der Waals surface area contributed by atoms with Gasteiger partial charge in [-0.25, -0.2) is 4.79 Å². The largest absolute Gasteiger partial charge is 0.414 e. The molecular weight excluding hydrogens is 508 g/mol. The van der Waals surface area contributed by atoms with Gasteiger partial charge in [-0.1, -0.05) is 55.4 Å². The second-order valence-electron chi connectivity index (χ2n) is 11.6. The van der Waals surface area contributed by atoms with Gasteiger partial charge in [0.15, 0.2) is 6.23 Å². The van der Waals surface area contributed by atoms with Crippen molar-refractivity contribution < 1.29 is 22.5 Å². The van der Waals surface area contributed by atoms with Crippen LogP contribution in [0.25, 0.3) is 0 Å². The number of aromatic nitrogens is 2. The van der Waals surface area contributed by atoms with E-state index in [1.165, 1.54) is 23.8 Å². The van der Waals surface area contributed by atoms with Crippen molar-refractivity contribution in [3.05, 3.63) is 22.7 Å². The molecule has 10 nitrogen and oxygen atoms in total. The van der Waals surface area contributed by atoms with Crippen molar-refractivity contribution in [2.45, 2.75) is 110 Å². The topological polar surface area (TPSA) is 125 Å². The first-order valence-electron chi connectivity index (χ1n) is 13.1. The Labute approximate surface area is 222 Å². The summed E-state index contributed by atoms with van der Waals surface area (Å²) >= 11 is 0.